The van der Waals surface area contributed by atoms with Gasteiger partial charge in [0.2, 0.25) is 5.91 Å². The van der Waals surface area contributed by atoms with Crippen molar-refractivity contribution in [2.75, 3.05) is 6.54 Å². The number of rotatable bonds is 2. The molecule has 2 unspecified atom stereocenters. The zero-order valence-electron chi connectivity index (χ0n) is 8.70. The third-order valence-corrected chi connectivity index (χ3v) is 3.72. The predicted molar refractivity (Wildman–Crippen MR) is 54.5 cm³/mol. The van der Waals surface area contributed by atoms with E-state index in [1.165, 1.54) is 12.8 Å². The second-order valence-electron chi connectivity index (χ2n) is 4.65. The van der Waals surface area contributed by atoms with Crippen LogP contribution in [0.2, 0.25) is 0 Å². The molecular weight excluding hydrogens is 178 g/mol. The Morgan fingerprint density at radius 3 is 2.64 bits per heavy atom. The van der Waals surface area contributed by atoms with Crippen LogP contribution in [0.1, 0.15) is 32.6 Å². The van der Waals surface area contributed by atoms with Gasteiger partial charge in [-0.15, -0.1) is 0 Å². The van der Waals surface area contributed by atoms with Gasteiger partial charge in [-0.3, -0.25) is 9.69 Å². The summed E-state index contributed by atoms with van der Waals surface area (Å²) < 4.78 is 0. The summed E-state index contributed by atoms with van der Waals surface area (Å²) in [6, 6.07) is 0.758. The Hall–Kier alpha value is -0.610. The van der Waals surface area contributed by atoms with Crippen molar-refractivity contribution in [3.63, 3.8) is 0 Å². The van der Waals surface area contributed by atoms with E-state index in [4.69, 9.17) is 11.5 Å². The van der Waals surface area contributed by atoms with Crippen molar-refractivity contribution in [1.82, 2.24) is 4.90 Å². The number of nitrogens with two attached hydrogens (primary N) is 2. The maximum absolute atomic E-state index is 11.3. The van der Waals surface area contributed by atoms with Gasteiger partial charge in [0.15, 0.2) is 0 Å². The van der Waals surface area contributed by atoms with Gasteiger partial charge in [0.1, 0.15) is 5.54 Å². The van der Waals surface area contributed by atoms with E-state index in [1.54, 1.807) is 0 Å². The van der Waals surface area contributed by atoms with Gasteiger partial charge in [-0.25, -0.2) is 0 Å². The van der Waals surface area contributed by atoms with Gasteiger partial charge < -0.3 is 11.5 Å². The smallest absolute Gasteiger partial charge is 0.239 e. The summed E-state index contributed by atoms with van der Waals surface area (Å²) in [5, 5.41) is 0. The fourth-order valence-corrected chi connectivity index (χ4v) is 2.49. The molecule has 0 aromatic carbocycles. The maximum atomic E-state index is 11.3. The molecule has 0 spiro atoms. The first kappa shape index (κ1) is 9.93. The Balaban J connectivity index is 2.14. The van der Waals surface area contributed by atoms with Crippen LogP contribution in [0.3, 0.4) is 0 Å². The first-order chi connectivity index (χ1) is 6.55. The molecule has 2 fully saturated rings. The lowest BCUT2D eigenvalue weighted by Gasteiger charge is -2.44. The zero-order chi connectivity index (χ0) is 10.3. The Morgan fingerprint density at radius 1 is 1.50 bits per heavy atom. The van der Waals surface area contributed by atoms with Crippen molar-refractivity contribution in [2.45, 2.75) is 50.2 Å². The van der Waals surface area contributed by atoms with Gasteiger partial charge in [-0.2, -0.15) is 0 Å². The first-order valence-corrected chi connectivity index (χ1v) is 5.40. The molecule has 0 aromatic heterocycles. The van der Waals surface area contributed by atoms with Gasteiger partial charge in [-0.05, 0) is 39.2 Å². The highest BCUT2D eigenvalue weighted by Crippen LogP contribution is 2.35. The molecule has 0 bridgehead atoms. The van der Waals surface area contributed by atoms with Crippen molar-refractivity contribution in [2.24, 2.45) is 11.5 Å². The highest BCUT2D eigenvalue weighted by molar-refractivity contribution is 5.85. The number of primary amides is 1. The van der Waals surface area contributed by atoms with Crippen LogP contribution in [0.15, 0.2) is 0 Å². The fourth-order valence-electron chi connectivity index (χ4n) is 2.49. The summed E-state index contributed by atoms with van der Waals surface area (Å²) in [7, 11) is 0. The molecule has 2 aliphatic rings. The topological polar surface area (TPSA) is 72.3 Å². The van der Waals surface area contributed by atoms with E-state index in [1.807, 2.05) is 6.92 Å². The summed E-state index contributed by atoms with van der Waals surface area (Å²) in [5.74, 6) is -0.352. The molecular formula is C10H19N3O. The monoisotopic (exact) mass is 197 g/mol. The lowest BCUT2D eigenvalue weighted by Crippen LogP contribution is -2.67. The van der Waals surface area contributed by atoms with Crippen molar-refractivity contribution in [3.05, 3.63) is 0 Å². The number of likely N-dealkylation sites (tertiary alicyclic amines) is 1. The summed E-state index contributed by atoms with van der Waals surface area (Å²) in [4.78, 5) is 13.7. The van der Waals surface area contributed by atoms with Crippen molar-refractivity contribution in [3.8, 4) is 0 Å². The highest BCUT2D eigenvalue weighted by atomic mass is 16.1. The second-order valence-corrected chi connectivity index (χ2v) is 4.65. The number of amides is 1. The average molecular weight is 197 g/mol. The number of hydrogen-bond donors (Lipinski definition) is 2. The van der Waals surface area contributed by atoms with Crippen LogP contribution in [0.4, 0.5) is 0 Å². The van der Waals surface area contributed by atoms with E-state index in [0.717, 1.165) is 19.4 Å². The molecule has 1 amide bonds. The van der Waals surface area contributed by atoms with Crippen LogP contribution in [0.25, 0.3) is 0 Å². The number of nitrogens with zero attached hydrogens (tertiary/aromatic N) is 1. The first-order valence-electron chi connectivity index (χ1n) is 5.40. The molecule has 0 radical (unpaired) electrons. The lowest BCUT2D eigenvalue weighted by molar-refractivity contribution is -0.127. The molecule has 1 saturated carbocycles. The Morgan fingerprint density at radius 2 is 2.14 bits per heavy atom. The molecule has 1 heterocycles. The highest BCUT2D eigenvalue weighted by Gasteiger charge is 2.47. The number of carbonyl (C=O) groups excluding carboxylic acids is 1. The Kier molecular flexibility index (Phi) is 2.27. The number of hydrogen-bond acceptors (Lipinski definition) is 3. The van der Waals surface area contributed by atoms with Gasteiger partial charge in [-0.1, -0.05) is 0 Å². The van der Waals surface area contributed by atoms with Crippen LogP contribution in [-0.4, -0.2) is 35.0 Å². The molecule has 4 nitrogen and oxygen atoms in total. The molecule has 2 rings (SSSR count). The molecule has 4 heteroatoms. The van der Waals surface area contributed by atoms with Crippen LogP contribution in [0, 0.1) is 0 Å². The molecule has 14 heavy (non-hydrogen) atoms. The standard InChI is InChI=1S/C10H19N3O/c1-7-10(12,9(11)14)5-2-6-13(7)8-3-4-8/h7-8H,2-6,12H2,1H3,(H2,11,14). The van der Waals surface area contributed by atoms with Crippen LogP contribution in [0.5, 0.6) is 0 Å². The van der Waals surface area contributed by atoms with Gasteiger partial charge in [0.25, 0.3) is 0 Å². The van der Waals surface area contributed by atoms with Crippen molar-refractivity contribution >= 4 is 5.91 Å². The molecule has 1 aliphatic carbocycles. The Labute approximate surface area is 84.6 Å². The quantitative estimate of drug-likeness (QED) is 0.645. The number of piperidine rings is 1. The molecule has 0 aromatic rings. The molecule has 4 N–H and O–H groups in total. The Bertz CT molecular complexity index is 252. The summed E-state index contributed by atoms with van der Waals surface area (Å²) in [6.45, 7) is 3.10. The van der Waals surface area contributed by atoms with Crippen molar-refractivity contribution < 1.29 is 4.79 Å². The lowest BCUT2D eigenvalue weighted by atomic mass is 9.82. The average Bonchev–Trinajstić information content (AvgIpc) is 2.92. The molecule has 1 saturated heterocycles. The minimum atomic E-state index is -0.805. The van der Waals surface area contributed by atoms with Crippen molar-refractivity contribution in [1.29, 1.82) is 0 Å². The number of carbonyl (C=O) groups is 1. The minimum Gasteiger partial charge on any atom is -0.368 e. The van der Waals surface area contributed by atoms with E-state index in [-0.39, 0.29) is 11.9 Å². The van der Waals surface area contributed by atoms with Gasteiger partial charge in [0.05, 0.1) is 0 Å². The SMILES string of the molecule is CC1N(C2CC2)CCCC1(N)C(N)=O. The van der Waals surface area contributed by atoms with E-state index < -0.39 is 5.54 Å². The predicted octanol–water partition coefficient (Wildman–Crippen LogP) is -0.184. The molecule has 2 atom stereocenters. The summed E-state index contributed by atoms with van der Waals surface area (Å²) in [6.07, 6.45) is 4.21. The normalized spacial score (nSPS) is 39.7. The summed E-state index contributed by atoms with van der Waals surface area (Å²) in [5.41, 5.74) is 10.7. The van der Waals surface area contributed by atoms with Gasteiger partial charge >= 0.3 is 0 Å². The van der Waals surface area contributed by atoms with Crippen LogP contribution in [-0.2, 0) is 4.79 Å². The van der Waals surface area contributed by atoms with E-state index in [0.29, 0.717) is 6.04 Å². The van der Waals surface area contributed by atoms with Crippen LogP contribution < -0.4 is 11.5 Å². The zero-order valence-corrected chi connectivity index (χ0v) is 8.70. The molecule has 1 aliphatic heterocycles. The maximum Gasteiger partial charge on any atom is 0.239 e. The van der Waals surface area contributed by atoms with Gasteiger partial charge in [0, 0.05) is 12.1 Å². The summed E-state index contributed by atoms with van der Waals surface area (Å²) >= 11 is 0. The van der Waals surface area contributed by atoms with Crippen LogP contribution >= 0.6 is 0 Å². The largest absolute Gasteiger partial charge is 0.368 e. The third kappa shape index (κ3) is 1.42. The van der Waals surface area contributed by atoms with E-state index in [9.17, 15) is 4.79 Å². The molecule has 80 valence electrons. The second kappa shape index (κ2) is 3.21. The van der Waals surface area contributed by atoms with E-state index >= 15 is 0 Å². The fraction of sp³-hybridized carbons (Fsp3) is 0.900. The third-order valence-electron chi connectivity index (χ3n) is 3.72. The minimum absolute atomic E-state index is 0.0984. The van der Waals surface area contributed by atoms with E-state index in [2.05, 4.69) is 4.90 Å².